The number of hydrogen-bond donors (Lipinski definition) is 1. The molecule has 1 aromatic heterocycles. The van der Waals surface area contributed by atoms with Crippen LogP contribution in [0.15, 0.2) is 65.2 Å². The first kappa shape index (κ1) is 17.2. The lowest BCUT2D eigenvalue weighted by atomic mass is 10.1. The Kier molecular flexibility index (Phi) is 5.85. The standard InChI is InChI=1S/C19H17FN2O2S/c20-16-8-6-15(7-9-16)18-10-17(22-24-18)11-21-19(23)13-25-12-14-4-2-1-3-5-14/h1-10H,11-13H2,(H,21,23). The van der Waals surface area contributed by atoms with Crippen molar-refractivity contribution in [2.24, 2.45) is 0 Å². The lowest BCUT2D eigenvalue weighted by Gasteiger charge is -2.03. The monoisotopic (exact) mass is 356 g/mol. The van der Waals surface area contributed by atoms with Gasteiger partial charge in [-0.1, -0.05) is 35.5 Å². The van der Waals surface area contributed by atoms with E-state index in [1.165, 1.54) is 17.7 Å². The molecule has 1 N–H and O–H groups in total. The van der Waals surface area contributed by atoms with E-state index in [1.54, 1.807) is 30.0 Å². The molecule has 0 saturated carbocycles. The van der Waals surface area contributed by atoms with Crippen LogP contribution >= 0.6 is 11.8 Å². The Morgan fingerprint density at radius 1 is 1.12 bits per heavy atom. The molecule has 0 bridgehead atoms. The summed E-state index contributed by atoms with van der Waals surface area (Å²) in [5.41, 5.74) is 2.56. The van der Waals surface area contributed by atoms with Crippen molar-refractivity contribution in [2.45, 2.75) is 12.3 Å². The first-order valence-electron chi connectivity index (χ1n) is 7.80. The highest BCUT2D eigenvalue weighted by molar-refractivity contribution is 7.99. The minimum atomic E-state index is -0.302. The minimum Gasteiger partial charge on any atom is -0.356 e. The van der Waals surface area contributed by atoms with Gasteiger partial charge in [-0.15, -0.1) is 11.8 Å². The van der Waals surface area contributed by atoms with Gasteiger partial charge in [-0.3, -0.25) is 4.79 Å². The van der Waals surface area contributed by atoms with Crippen LogP contribution in [0.2, 0.25) is 0 Å². The number of benzene rings is 2. The Labute approximate surface area is 149 Å². The van der Waals surface area contributed by atoms with Gasteiger partial charge in [0.1, 0.15) is 11.5 Å². The molecule has 3 rings (SSSR count). The molecule has 0 atom stereocenters. The highest BCUT2D eigenvalue weighted by Gasteiger charge is 2.08. The van der Waals surface area contributed by atoms with Gasteiger partial charge < -0.3 is 9.84 Å². The zero-order valence-corrected chi connectivity index (χ0v) is 14.3. The van der Waals surface area contributed by atoms with Gasteiger partial charge in [0.05, 0.1) is 12.3 Å². The maximum absolute atomic E-state index is 12.9. The molecule has 0 saturated heterocycles. The van der Waals surface area contributed by atoms with Crippen molar-refractivity contribution in [2.75, 3.05) is 5.75 Å². The molecule has 0 unspecified atom stereocenters. The predicted octanol–water partition coefficient (Wildman–Crippen LogP) is 4.03. The number of hydrogen-bond acceptors (Lipinski definition) is 4. The second-order valence-corrected chi connectivity index (χ2v) is 6.43. The maximum atomic E-state index is 12.9. The fourth-order valence-electron chi connectivity index (χ4n) is 2.22. The van der Waals surface area contributed by atoms with E-state index < -0.39 is 0 Å². The third-order valence-electron chi connectivity index (χ3n) is 3.50. The van der Waals surface area contributed by atoms with E-state index in [-0.39, 0.29) is 11.7 Å². The van der Waals surface area contributed by atoms with E-state index in [9.17, 15) is 9.18 Å². The largest absolute Gasteiger partial charge is 0.356 e. The molecule has 0 radical (unpaired) electrons. The second-order valence-electron chi connectivity index (χ2n) is 5.44. The molecule has 0 aliphatic heterocycles. The third-order valence-corrected chi connectivity index (χ3v) is 4.50. The molecule has 0 aliphatic carbocycles. The van der Waals surface area contributed by atoms with Gasteiger partial charge in [-0.05, 0) is 29.8 Å². The number of carbonyl (C=O) groups excluding carboxylic acids is 1. The molecule has 0 aliphatic rings. The van der Waals surface area contributed by atoms with Crippen molar-refractivity contribution in [3.8, 4) is 11.3 Å². The molecule has 1 amide bonds. The van der Waals surface area contributed by atoms with E-state index in [1.807, 2.05) is 30.3 Å². The summed E-state index contributed by atoms with van der Waals surface area (Å²) in [4.78, 5) is 11.9. The summed E-state index contributed by atoms with van der Waals surface area (Å²) in [6.45, 7) is 0.301. The summed E-state index contributed by atoms with van der Waals surface area (Å²) >= 11 is 1.56. The Bertz CT molecular complexity index is 819. The summed E-state index contributed by atoms with van der Waals surface area (Å²) in [7, 11) is 0. The lowest BCUT2D eigenvalue weighted by molar-refractivity contribution is -0.118. The molecular weight excluding hydrogens is 339 g/mol. The highest BCUT2D eigenvalue weighted by Crippen LogP contribution is 2.20. The summed E-state index contributed by atoms with van der Waals surface area (Å²) in [6.07, 6.45) is 0. The van der Waals surface area contributed by atoms with Crippen molar-refractivity contribution >= 4 is 17.7 Å². The molecule has 1 heterocycles. The van der Waals surface area contributed by atoms with Crippen LogP contribution in [-0.2, 0) is 17.1 Å². The Balaban J connectivity index is 1.44. The van der Waals surface area contributed by atoms with Crippen LogP contribution in [0.25, 0.3) is 11.3 Å². The average molecular weight is 356 g/mol. The van der Waals surface area contributed by atoms with E-state index in [4.69, 9.17) is 4.52 Å². The van der Waals surface area contributed by atoms with Gasteiger partial charge in [-0.25, -0.2) is 4.39 Å². The second kappa shape index (κ2) is 8.48. The summed E-state index contributed by atoms with van der Waals surface area (Å²) in [5, 5.41) is 6.74. The van der Waals surface area contributed by atoms with Gasteiger partial charge in [0.25, 0.3) is 0 Å². The molecule has 128 valence electrons. The maximum Gasteiger partial charge on any atom is 0.230 e. The number of rotatable bonds is 7. The van der Waals surface area contributed by atoms with Gasteiger partial charge >= 0.3 is 0 Å². The van der Waals surface area contributed by atoms with Crippen molar-refractivity contribution in [3.63, 3.8) is 0 Å². The van der Waals surface area contributed by atoms with Crippen molar-refractivity contribution in [1.82, 2.24) is 10.5 Å². The Morgan fingerprint density at radius 3 is 2.64 bits per heavy atom. The Hall–Kier alpha value is -2.60. The molecule has 4 nitrogen and oxygen atoms in total. The lowest BCUT2D eigenvalue weighted by Crippen LogP contribution is -2.24. The summed E-state index contributed by atoms with van der Waals surface area (Å²) in [6, 6.07) is 17.7. The highest BCUT2D eigenvalue weighted by atomic mass is 32.2. The average Bonchev–Trinajstić information content (AvgIpc) is 3.10. The van der Waals surface area contributed by atoms with Gasteiger partial charge in [0, 0.05) is 17.4 Å². The summed E-state index contributed by atoms with van der Waals surface area (Å²) in [5.74, 6) is 1.38. The van der Waals surface area contributed by atoms with Crippen LogP contribution in [-0.4, -0.2) is 16.8 Å². The molecular formula is C19H17FN2O2S. The zero-order valence-electron chi connectivity index (χ0n) is 13.4. The predicted molar refractivity (Wildman–Crippen MR) is 96.3 cm³/mol. The number of carbonyl (C=O) groups is 1. The fraction of sp³-hybridized carbons (Fsp3) is 0.158. The number of thioether (sulfide) groups is 1. The molecule has 0 fully saturated rings. The number of nitrogens with zero attached hydrogens (tertiary/aromatic N) is 1. The zero-order chi connectivity index (χ0) is 17.5. The van der Waals surface area contributed by atoms with Gasteiger partial charge in [0.2, 0.25) is 5.91 Å². The van der Waals surface area contributed by atoms with E-state index in [2.05, 4.69) is 10.5 Å². The smallest absolute Gasteiger partial charge is 0.230 e. The number of amides is 1. The van der Waals surface area contributed by atoms with Gasteiger partial charge in [-0.2, -0.15) is 0 Å². The van der Waals surface area contributed by atoms with E-state index >= 15 is 0 Å². The van der Waals surface area contributed by atoms with E-state index in [0.29, 0.717) is 23.8 Å². The Morgan fingerprint density at radius 2 is 1.88 bits per heavy atom. The normalized spacial score (nSPS) is 10.6. The number of nitrogens with one attached hydrogen (secondary N) is 1. The minimum absolute atomic E-state index is 0.0488. The van der Waals surface area contributed by atoms with Crippen molar-refractivity contribution < 1.29 is 13.7 Å². The topological polar surface area (TPSA) is 55.1 Å². The molecule has 6 heteroatoms. The van der Waals surface area contributed by atoms with Gasteiger partial charge in [0.15, 0.2) is 5.76 Å². The molecule has 2 aromatic carbocycles. The first-order valence-corrected chi connectivity index (χ1v) is 8.96. The first-order chi connectivity index (χ1) is 12.2. The quantitative estimate of drug-likeness (QED) is 0.694. The van der Waals surface area contributed by atoms with Crippen LogP contribution in [0, 0.1) is 5.82 Å². The van der Waals surface area contributed by atoms with Crippen molar-refractivity contribution in [1.29, 1.82) is 0 Å². The summed E-state index contributed by atoms with van der Waals surface area (Å²) < 4.78 is 18.2. The SMILES string of the molecule is O=C(CSCc1ccccc1)NCc1cc(-c2ccc(F)cc2)on1. The fourth-order valence-corrected chi connectivity index (χ4v) is 3.04. The molecule has 3 aromatic rings. The van der Waals surface area contributed by atoms with Crippen LogP contribution in [0.1, 0.15) is 11.3 Å². The van der Waals surface area contributed by atoms with Crippen LogP contribution < -0.4 is 5.32 Å². The van der Waals surface area contributed by atoms with E-state index in [0.717, 1.165) is 11.3 Å². The molecule has 25 heavy (non-hydrogen) atoms. The third kappa shape index (κ3) is 5.19. The van der Waals surface area contributed by atoms with Crippen LogP contribution in [0.5, 0.6) is 0 Å². The number of aromatic nitrogens is 1. The number of halogens is 1. The molecule has 0 spiro atoms. The van der Waals surface area contributed by atoms with Crippen molar-refractivity contribution in [3.05, 3.63) is 77.7 Å². The van der Waals surface area contributed by atoms with Crippen LogP contribution in [0.3, 0.4) is 0 Å². The van der Waals surface area contributed by atoms with Crippen LogP contribution in [0.4, 0.5) is 4.39 Å².